The Labute approximate surface area is 116 Å². The van der Waals surface area contributed by atoms with E-state index in [-0.39, 0.29) is 11.6 Å². The summed E-state index contributed by atoms with van der Waals surface area (Å²) in [5, 5.41) is 12.9. The molecule has 0 unspecified atom stereocenters. The molecule has 7 nitrogen and oxygen atoms in total. The van der Waals surface area contributed by atoms with Crippen LogP contribution in [-0.4, -0.2) is 44.3 Å². The molecule has 0 aliphatic rings. The minimum atomic E-state index is -1.12. The zero-order valence-corrected chi connectivity index (χ0v) is 12.3. The Morgan fingerprint density at radius 1 is 1.35 bits per heavy atom. The van der Waals surface area contributed by atoms with E-state index in [0.29, 0.717) is 11.3 Å². The van der Waals surface area contributed by atoms with E-state index in [4.69, 9.17) is 5.11 Å². The Kier molecular flexibility index (Phi) is 4.65. The average molecular weight is 281 g/mol. The summed E-state index contributed by atoms with van der Waals surface area (Å²) in [6.45, 7) is 6.29. The Morgan fingerprint density at radius 3 is 2.35 bits per heavy atom. The Bertz CT molecular complexity index is 604. The van der Waals surface area contributed by atoms with Gasteiger partial charge in [-0.3, -0.25) is 14.4 Å². The number of aryl methyl sites for hydroxylation is 2. The minimum absolute atomic E-state index is 0.0186. The molecule has 0 bridgehead atoms. The van der Waals surface area contributed by atoms with Gasteiger partial charge < -0.3 is 10.0 Å². The lowest BCUT2D eigenvalue weighted by Gasteiger charge is -2.25. The van der Waals surface area contributed by atoms with Crippen molar-refractivity contribution >= 4 is 11.9 Å². The van der Waals surface area contributed by atoms with Gasteiger partial charge in [-0.05, 0) is 33.3 Å². The van der Waals surface area contributed by atoms with Gasteiger partial charge in [0.25, 0.3) is 11.5 Å². The van der Waals surface area contributed by atoms with Crippen LogP contribution in [0.4, 0.5) is 0 Å². The maximum Gasteiger partial charge on any atom is 0.323 e. The molecule has 110 valence electrons. The van der Waals surface area contributed by atoms with Crippen LogP contribution in [0.2, 0.25) is 0 Å². The van der Waals surface area contributed by atoms with Crippen molar-refractivity contribution in [1.82, 2.24) is 14.7 Å². The van der Waals surface area contributed by atoms with Crippen molar-refractivity contribution in [2.75, 3.05) is 6.54 Å². The van der Waals surface area contributed by atoms with Gasteiger partial charge in [0.15, 0.2) is 0 Å². The fraction of sp³-hybridized carbons (Fsp3) is 0.538. The molecule has 0 fully saturated rings. The number of amides is 1. The van der Waals surface area contributed by atoms with E-state index in [9.17, 15) is 14.4 Å². The van der Waals surface area contributed by atoms with Gasteiger partial charge in [-0.1, -0.05) is 0 Å². The van der Waals surface area contributed by atoms with Crippen molar-refractivity contribution in [2.45, 2.75) is 33.7 Å². The number of carboxylic acids is 1. The molecule has 0 saturated carbocycles. The number of carbonyl (C=O) groups is 2. The van der Waals surface area contributed by atoms with Crippen LogP contribution in [0.25, 0.3) is 0 Å². The van der Waals surface area contributed by atoms with Crippen molar-refractivity contribution < 1.29 is 14.7 Å². The first-order chi connectivity index (χ1) is 9.16. The fourth-order valence-electron chi connectivity index (χ4n) is 1.88. The summed E-state index contributed by atoms with van der Waals surface area (Å²) in [6, 6.07) is -0.323. The zero-order chi connectivity index (χ0) is 15.6. The third-order valence-corrected chi connectivity index (χ3v) is 3.13. The van der Waals surface area contributed by atoms with E-state index < -0.39 is 24.0 Å². The van der Waals surface area contributed by atoms with Crippen LogP contribution in [0.1, 0.15) is 35.5 Å². The molecule has 1 amide bonds. The van der Waals surface area contributed by atoms with Gasteiger partial charge >= 0.3 is 5.97 Å². The average Bonchev–Trinajstić information content (AvgIpc) is 2.33. The van der Waals surface area contributed by atoms with E-state index in [1.54, 1.807) is 27.7 Å². The minimum Gasteiger partial charge on any atom is -0.480 e. The lowest BCUT2D eigenvalue weighted by atomic mass is 10.1. The van der Waals surface area contributed by atoms with E-state index in [0.717, 1.165) is 9.58 Å². The molecule has 0 radical (unpaired) electrons. The highest BCUT2D eigenvalue weighted by atomic mass is 16.4. The van der Waals surface area contributed by atoms with Crippen LogP contribution >= 0.6 is 0 Å². The summed E-state index contributed by atoms with van der Waals surface area (Å²) >= 11 is 0. The molecule has 0 aliphatic heterocycles. The fourth-order valence-corrected chi connectivity index (χ4v) is 1.88. The van der Waals surface area contributed by atoms with Gasteiger partial charge in [-0.25, -0.2) is 4.68 Å². The predicted molar refractivity (Wildman–Crippen MR) is 72.8 cm³/mol. The van der Waals surface area contributed by atoms with Crippen LogP contribution in [0.15, 0.2) is 4.79 Å². The third kappa shape index (κ3) is 3.04. The molecule has 7 heteroatoms. The molecule has 1 aromatic rings. The molecule has 1 rings (SSSR count). The largest absolute Gasteiger partial charge is 0.480 e. The van der Waals surface area contributed by atoms with Crippen molar-refractivity contribution in [2.24, 2.45) is 7.05 Å². The van der Waals surface area contributed by atoms with Crippen LogP contribution in [0, 0.1) is 13.8 Å². The van der Waals surface area contributed by atoms with Gasteiger partial charge in [-0.2, -0.15) is 5.10 Å². The first kappa shape index (κ1) is 15.9. The van der Waals surface area contributed by atoms with Crippen LogP contribution in [-0.2, 0) is 11.8 Å². The molecule has 0 aromatic carbocycles. The first-order valence-corrected chi connectivity index (χ1v) is 6.24. The lowest BCUT2D eigenvalue weighted by Crippen LogP contribution is -2.44. The zero-order valence-electron chi connectivity index (χ0n) is 12.3. The van der Waals surface area contributed by atoms with Crippen molar-refractivity contribution in [3.05, 3.63) is 27.2 Å². The molecular weight excluding hydrogens is 262 g/mol. The number of carbonyl (C=O) groups excluding carboxylic acids is 1. The van der Waals surface area contributed by atoms with Gasteiger partial charge in [0.1, 0.15) is 12.1 Å². The maximum absolute atomic E-state index is 12.5. The van der Waals surface area contributed by atoms with E-state index in [1.807, 2.05) is 0 Å². The monoisotopic (exact) mass is 281 g/mol. The molecule has 1 aromatic heterocycles. The van der Waals surface area contributed by atoms with Gasteiger partial charge in [0, 0.05) is 13.1 Å². The second kappa shape index (κ2) is 5.85. The molecule has 0 aliphatic carbocycles. The lowest BCUT2D eigenvalue weighted by molar-refractivity contribution is -0.138. The van der Waals surface area contributed by atoms with E-state index in [1.165, 1.54) is 7.05 Å². The van der Waals surface area contributed by atoms with E-state index in [2.05, 4.69) is 5.10 Å². The molecular formula is C13H19N3O4. The second-order valence-electron chi connectivity index (χ2n) is 4.93. The summed E-state index contributed by atoms with van der Waals surface area (Å²) in [5.74, 6) is -1.70. The van der Waals surface area contributed by atoms with Gasteiger partial charge in [0.05, 0.1) is 5.69 Å². The van der Waals surface area contributed by atoms with Crippen molar-refractivity contribution in [3.8, 4) is 0 Å². The summed E-state index contributed by atoms with van der Waals surface area (Å²) in [5.41, 5.74) is 0.507. The molecule has 1 N–H and O–H groups in total. The van der Waals surface area contributed by atoms with E-state index >= 15 is 0 Å². The smallest absolute Gasteiger partial charge is 0.323 e. The molecule has 20 heavy (non-hydrogen) atoms. The highest BCUT2D eigenvalue weighted by Gasteiger charge is 2.26. The summed E-state index contributed by atoms with van der Waals surface area (Å²) < 4.78 is 1.09. The van der Waals surface area contributed by atoms with Gasteiger partial charge in [-0.15, -0.1) is 0 Å². The standard InChI is InChI=1S/C13H19N3O4/c1-7(2)16(6-10(17)18)13(20)11-8(3)9(4)14-15(5)12(11)19/h7H,6H2,1-5H3,(H,17,18). The number of aliphatic carboxylic acids is 1. The number of aromatic nitrogens is 2. The summed E-state index contributed by atoms with van der Waals surface area (Å²) in [6.07, 6.45) is 0. The molecule has 0 spiro atoms. The molecule has 0 atom stereocenters. The van der Waals surface area contributed by atoms with Crippen LogP contribution in [0.3, 0.4) is 0 Å². The Balaban J connectivity index is 3.39. The third-order valence-electron chi connectivity index (χ3n) is 3.13. The number of carboxylic acid groups (broad SMARTS) is 1. The SMILES string of the molecule is Cc1nn(C)c(=O)c(C(=O)N(CC(=O)O)C(C)C)c1C. The summed E-state index contributed by atoms with van der Waals surface area (Å²) in [4.78, 5) is 36.6. The Morgan fingerprint density at radius 2 is 1.90 bits per heavy atom. The first-order valence-electron chi connectivity index (χ1n) is 6.24. The highest BCUT2D eigenvalue weighted by molar-refractivity contribution is 5.97. The Hall–Kier alpha value is -2.18. The maximum atomic E-state index is 12.5. The van der Waals surface area contributed by atoms with Crippen LogP contribution < -0.4 is 5.56 Å². The number of nitrogens with zero attached hydrogens (tertiary/aromatic N) is 3. The number of hydrogen-bond donors (Lipinski definition) is 1. The number of hydrogen-bond acceptors (Lipinski definition) is 4. The van der Waals surface area contributed by atoms with Crippen molar-refractivity contribution in [1.29, 1.82) is 0 Å². The van der Waals surface area contributed by atoms with Crippen LogP contribution in [0.5, 0.6) is 0 Å². The number of rotatable bonds is 4. The van der Waals surface area contributed by atoms with Crippen molar-refractivity contribution in [3.63, 3.8) is 0 Å². The summed E-state index contributed by atoms with van der Waals surface area (Å²) in [7, 11) is 1.46. The predicted octanol–water partition coefficient (Wildman–Crippen LogP) is 0.332. The molecule has 0 saturated heterocycles. The second-order valence-corrected chi connectivity index (χ2v) is 4.93. The topological polar surface area (TPSA) is 92.5 Å². The normalized spacial score (nSPS) is 10.7. The highest BCUT2D eigenvalue weighted by Crippen LogP contribution is 2.11. The quantitative estimate of drug-likeness (QED) is 0.858. The van der Waals surface area contributed by atoms with Gasteiger partial charge in [0.2, 0.25) is 0 Å². The molecule has 1 heterocycles.